The Morgan fingerprint density at radius 3 is 2.44 bits per heavy atom. The van der Waals surface area contributed by atoms with Crippen LogP contribution in [0.5, 0.6) is 5.75 Å². The van der Waals surface area contributed by atoms with Gasteiger partial charge in [0.05, 0.1) is 27.7 Å². The number of nitrogens with zero attached hydrogens (tertiary/aromatic N) is 2. The fourth-order valence-corrected chi connectivity index (χ4v) is 3.33. The first kappa shape index (κ1) is 21.0. The average Bonchev–Trinajstić information content (AvgIpc) is 2.59. The van der Waals surface area contributed by atoms with Crippen molar-refractivity contribution < 1.29 is 18.3 Å². The van der Waals surface area contributed by atoms with E-state index in [0.29, 0.717) is 11.3 Å². The van der Waals surface area contributed by atoms with Crippen molar-refractivity contribution >= 4 is 50.5 Å². The fourth-order valence-electron chi connectivity index (χ4n) is 2.19. The van der Waals surface area contributed by atoms with Gasteiger partial charge in [-0.3, -0.25) is 9.10 Å². The van der Waals surface area contributed by atoms with E-state index >= 15 is 0 Å². The molecule has 0 aliphatic heterocycles. The van der Waals surface area contributed by atoms with Crippen LogP contribution in [0.2, 0.25) is 10.0 Å². The number of phenolic OH excluding ortho intramolecular Hbond substituents is 1. The molecule has 2 aromatic carbocycles. The van der Waals surface area contributed by atoms with Crippen LogP contribution in [0.3, 0.4) is 0 Å². The monoisotopic (exact) mass is 429 g/mol. The molecule has 0 aliphatic rings. The molecule has 144 valence electrons. The zero-order valence-electron chi connectivity index (χ0n) is 14.5. The summed E-state index contributed by atoms with van der Waals surface area (Å²) < 4.78 is 25.0. The number of amides is 1. The van der Waals surface area contributed by atoms with Crippen molar-refractivity contribution in [3.8, 4) is 5.75 Å². The van der Waals surface area contributed by atoms with Crippen LogP contribution in [0, 0.1) is 0 Å². The number of hydrazone groups is 1. The van der Waals surface area contributed by atoms with E-state index in [1.165, 1.54) is 24.3 Å². The molecule has 7 nitrogen and oxygen atoms in total. The standard InChI is InChI=1S/C17H17Cl2N3O4S/c1-11(13-5-3-4-6-16(13)23)20-21-17(24)10-22(27(2,25)26)12-7-8-14(18)15(19)9-12/h3-9,23H,10H2,1-2H3,(H,21,24). The number of carbonyl (C=O) groups excluding carboxylic acids is 1. The molecular weight excluding hydrogens is 413 g/mol. The number of rotatable bonds is 6. The number of hydrogen-bond acceptors (Lipinski definition) is 5. The Labute approximate surface area is 167 Å². The van der Waals surface area contributed by atoms with Crippen LogP contribution in [-0.2, 0) is 14.8 Å². The van der Waals surface area contributed by atoms with Crippen LogP contribution in [-0.4, -0.2) is 37.9 Å². The predicted octanol–water partition coefficient (Wildman–Crippen LogP) is 3.01. The Balaban J connectivity index is 2.18. The number of halogens is 2. The summed E-state index contributed by atoms with van der Waals surface area (Å²) >= 11 is 11.8. The SMILES string of the molecule is CC(=NNC(=O)CN(c1ccc(Cl)c(Cl)c1)S(C)(=O)=O)c1ccccc1O. The second-order valence-electron chi connectivity index (χ2n) is 5.62. The lowest BCUT2D eigenvalue weighted by atomic mass is 10.1. The molecule has 1 amide bonds. The first-order valence-corrected chi connectivity index (χ1v) is 10.2. The molecular formula is C17H17Cl2N3O4S. The van der Waals surface area contributed by atoms with Gasteiger partial charge in [0.1, 0.15) is 12.3 Å². The molecule has 2 aromatic rings. The van der Waals surface area contributed by atoms with Crippen molar-refractivity contribution in [2.75, 3.05) is 17.1 Å². The fraction of sp³-hybridized carbons (Fsp3) is 0.176. The first-order chi connectivity index (χ1) is 12.6. The maximum absolute atomic E-state index is 12.2. The average molecular weight is 430 g/mol. The zero-order chi connectivity index (χ0) is 20.2. The first-order valence-electron chi connectivity index (χ1n) is 7.64. The molecule has 0 bridgehead atoms. The Hall–Kier alpha value is -2.29. The van der Waals surface area contributed by atoms with Crippen LogP contribution in [0.4, 0.5) is 5.69 Å². The number of para-hydroxylation sites is 1. The number of hydrogen-bond donors (Lipinski definition) is 2. The minimum Gasteiger partial charge on any atom is -0.507 e. The number of aromatic hydroxyl groups is 1. The van der Waals surface area contributed by atoms with Gasteiger partial charge in [-0.1, -0.05) is 35.3 Å². The van der Waals surface area contributed by atoms with Crippen LogP contribution in [0.1, 0.15) is 12.5 Å². The van der Waals surface area contributed by atoms with Crippen molar-refractivity contribution in [3.05, 3.63) is 58.1 Å². The Morgan fingerprint density at radius 2 is 1.85 bits per heavy atom. The number of phenols is 1. The maximum atomic E-state index is 12.2. The van der Waals surface area contributed by atoms with Gasteiger partial charge in [0.2, 0.25) is 10.0 Å². The third-order valence-electron chi connectivity index (χ3n) is 3.52. The summed E-state index contributed by atoms with van der Waals surface area (Å²) in [6.45, 7) is 1.09. The molecule has 10 heteroatoms. The minimum absolute atomic E-state index is 0.0153. The molecule has 0 saturated carbocycles. The van der Waals surface area contributed by atoms with Crippen molar-refractivity contribution in [1.29, 1.82) is 0 Å². The van der Waals surface area contributed by atoms with Gasteiger partial charge in [0, 0.05) is 5.56 Å². The lowest BCUT2D eigenvalue weighted by Crippen LogP contribution is -2.39. The Morgan fingerprint density at radius 1 is 1.19 bits per heavy atom. The molecule has 2 rings (SSSR count). The van der Waals surface area contributed by atoms with Crippen LogP contribution < -0.4 is 9.73 Å². The topological polar surface area (TPSA) is 99.1 Å². The molecule has 0 fully saturated rings. The molecule has 0 heterocycles. The van der Waals surface area contributed by atoms with E-state index in [2.05, 4.69) is 10.5 Å². The summed E-state index contributed by atoms with van der Waals surface area (Å²) in [5.41, 5.74) is 3.29. The Bertz CT molecular complexity index is 993. The van der Waals surface area contributed by atoms with Crippen LogP contribution in [0.25, 0.3) is 0 Å². The molecule has 0 unspecified atom stereocenters. The molecule has 0 atom stereocenters. The number of benzene rings is 2. The number of nitrogens with one attached hydrogen (secondary N) is 1. The summed E-state index contributed by atoms with van der Waals surface area (Å²) in [5, 5.41) is 14.1. The normalized spacial score (nSPS) is 11.9. The highest BCUT2D eigenvalue weighted by Crippen LogP contribution is 2.28. The lowest BCUT2D eigenvalue weighted by molar-refractivity contribution is -0.119. The third-order valence-corrected chi connectivity index (χ3v) is 5.40. The summed E-state index contributed by atoms with van der Waals surface area (Å²) in [5.74, 6) is -0.650. The zero-order valence-corrected chi connectivity index (χ0v) is 16.8. The number of carbonyl (C=O) groups is 1. The van der Waals surface area contributed by atoms with Crippen molar-refractivity contribution in [2.24, 2.45) is 5.10 Å². The third kappa shape index (κ3) is 5.59. The molecule has 0 aromatic heterocycles. The largest absolute Gasteiger partial charge is 0.507 e. The van der Waals surface area contributed by atoms with Gasteiger partial charge in [-0.15, -0.1) is 0 Å². The second-order valence-corrected chi connectivity index (χ2v) is 8.34. The quantitative estimate of drug-likeness (QED) is 0.544. The van der Waals surface area contributed by atoms with E-state index in [9.17, 15) is 18.3 Å². The highest BCUT2D eigenvalue weighted by Gasteiger charge is 2.21. The summed E-state index contributed by atoms with van der Waals surface area (Å²) in [6, 6.07) is 10.7. The smallest absolute Gasteiger partial charge is 0.260 e. The number of anilines is 1. The van der Waals surface area contributed by atoms with Gasteiger partial charge in [0.25, 0.3) is 5.91 Å². The van der Waals surface area contributed by atoms with Crippen LogP contribution in [0.15, 0.2) is 47.6 Å². The van der Waals surface area contributed by atoms with Gasteiger partial charge < -0.3 is 5.11 Å². The molecule has 0 saturated heterocycles. The molecule has 0 aliphatic carbocycles. The van der Waals surface area contributed by atoms with Gasteiger partial charge >= 0.3 is 0 Å². The summed E-state index contributed by atoms with van der Waals surface area (Å²) in [7, 11) is -3.76. The number of sulfonamides is 1. The minimum atomic E-state index is -3.76. The van der Waals surface area contributed by atoms with E-state index < -0.39 is 22.5 Å². The molecule has 0 spiro atoms. The highest BCUT2D eigenvalue weighted by molar-refractivity contribution is 7.92. The van der Waals surface area contributed by atoms with Crippen LogP contribution >= 0.6 is 23.2 Å². The van der Waals surface area contributed by atoms with Crippen molar-refractivity contribution in [3.63, 3.8) is 0 Å². The summed E-state index contributed by atoms with van der Waals surface area (Å²) in [4.78, 5) is 12.2. The van der Waals surface area contributed by atoms with E-state index in [0.717, 1.165) is 10.6 Å². The van der Waals surface area contributed by atoms with E-state index in [-0.39, 0.29) is 21.5 Å². The van der Waals surface area contributed by atoms with E-state index in [4.69, 9.17) is 23.2 Å². The van der Waals surface area contributed by atoms with E-state index in [1.54, 1.807) is 25.1 Å². The van der Waals surface area contributed by atoms with Gasteiger partial charge in [0.15, 0.2) is 0 Å². The van der Waals surface area contributed by atoms with Gasteiger partial charge in [-0.2, -0.15) is 5.10 Å². The Kier molecular flexibility index (Phi) is 6.69. The maximum Gasteiger partial charge on any atom is 0.260 e. The van der Waals surface area contributed by atoms with Gasteiger partial charge in [-0.05, 0) is 37.3 Å². The predicted molar refractivity (Wildman–Crippen MR) is 107 cm³/mol. The summed E-state index contributed by atoms with van der Waals surface area (Å²) in [6.07, 6.45) is 0.972. The molecule has 0 radical (unpaired) electrons. The van der Waals surface area contributed by atoms with E-state index in [1.807, 2.05) is 0 Å². The molecule has 27 heavy (non-hydrogen) atoms. The highest BCUT2D eigenvalue weighted by atomic mass is 35.5. The lowest BCUT2D eigenvalue weighted by Gasteiger charge is -2.21. The second kappa shape index (κ2) is 8.60. The molecule has 2 N–H and O–H groups in total. The van der Waals surface area contributed by atoms with Crippen molar-refractivity contribution in [2.45, 2.75) is 6.92 Å². The van der Waals surface area contributed by atoms with Crippen molar-refractivity contribution in [1.82, 2.24) is 5.43 Å². The van der Waals surface area contributed by atoms with Gasteiger partial charge in [-0.25, -0.2) is 13.8 Å².